The monoisotopic (exact) mass is 390 g/mol. The molecule has 2 aromatic carbocycles. The van der Waals surface area contributed by atoms with E-state index in [-0.39, 0.29) is 5.91 Å². The molecule has 0 bridgehead atoms. The van der Waals surface area contributed by atoms with Gasteiger partial charge in [-0.2, -0.15) is 5.10 Å². The number of methoxy groups -OCH3 is 2. The first-order chi connectivity index (χ1) is 14.1. The van der Waals surface area contributed by atoms with Gasteiger partial charge in [0.15, 0.2) is 5.82 Å². The number of carbonyl (C=O) groups is 1. The fourth-order valence-corrected chi connectivity index (χ4v) is 3.42. The number of nitrogens with one attached hydrogen (secondary N) is 2. The summed E-state index contributed by atoms with van der Waals surface area (Å²) in [4.78, 5) is 12.7. The van der Waals surface area contributed by atoms with Crippen LogP contribution in [0.25, 0.3) is 22.3 Å². The molecular formula is C22H22N4O3. The largest absolute Gasteiger partial charge is 0.497 e. The molecule has 1 amide bonds. The van der Waals surface area contributed by atoms with Crippen LogP contribution >= 0.6 is 0 Å². The summed E-state index contributed by atoms with van der Waals surface area (Å²) in [5.74, 6) is 1.24. The maximum atomic E-state index is 12.7. The van der Waals surface area contributed by atoms with Gasteiger partial charge in [-0.05, 0) is 31.2 Å². The van der Waals surface area contributed by atoms with Crippen molar-refractivity contribution in [2.24, 2.45) is 0 Å². The maximum Gasteiger partial charge on any atom is 0.257 e. The van der Waals surface area contributed by atoms with E-state index in [1.807, 2.05) is 18.2 Å². The fraction of sp³-hybridized carbons (Fsp3) is 0.182. The highest BCUT2D eigenvalue weighted by Crippen LogP contribution is 2.28. The summed E-state index contributed by atoms with van der Waals surface area (Å²) in [5.41, 5.74) is 3.44. The topological polar surface area (TPSA) is 81.2 Å². The molecular weight excluding hydrogens is 368 g/mol. The Morgan fingerprint density at radius 3 is 2.48 bits per heavy atom. The maximum absolute atomic E-state index is 12.7. The number of ether oxygens (including phenoxy) is 2. The number of aryl methyl sites for hydroxylation is 1. The molecule has 0 spiro atoms. The Hall–Kier alpha value is -3.74. The predicted octanol–water partition coefficient (Wildman–Crippen LogP) is 4.32. The van der Waals surface area contributed by atoms with E-state index < -0.39 is 0 Å². The number of carbonyl (C=O) groups excluding carboxylic acids is 1. The van der Waals surface area contributed by atoms with Gasteiger partial charge >= 0.3 is 0 Å². The first-order valence-corrected chi connectivity index (χ1v) is 9.31. The average Bonchev–Trinajstić information content (AvgIpc) is 3.37. The van der Waals surface area contributed by atoms with Crippen molar-refractivity contribution in [2.75, 3.05) is 19.5 Å². The highest BCUT2D eigenvalue weighted by molar-refractivity contribution is 6.04. The summed E-state index contributed by atoms with van der Waals surface area (Å²) < 4.78 is 12.7. The molecule has 2 aromatic heterocycles. The lowest BCUT2D eigenvalue weighted by Gasteiger charge is -2.08. The number of aromatic nitrogens is 3. The first kappa shape index (κ1) is 18.6. The summed E-state index contributed by atoms with van der Waals surface area (Å²) in [7, 11) is 3.09. The van der Waals surface area contributed by atoms with Crippen LogP contribution in [-0.2, 0) is 6.54 Å². The molecule has 29 heavy (non-hydrogen) atoms. The van der Waals surface area contributed by atoms with Gasteiger partial charge in [0.1, 0.15) is 11.5 Å². The van der Waals surface area contributed by atoms with Crippen molar-refractivity contribution in [3.63, 3.8) is 0 Å². The fourth-order valence-electron chi connectivity index (χ4n) is 3.42. The van der Waals surface area contributed by atoms with Crippen LogP contribution in [0.15, 0.2) is 54.6 Å². The minimum Gasteiger partial charge on any atom is -0.497 e. The molecule has 0 radical (unpaired) electrons. The molecule has 0 saturated carbocycles. The molecule has 0 aliphatic rings. The first-order valence-electron chi connectivity index (χ1n) is 9.31. The molecule has 2 N–H and O–H groups in total. The van der Waals surface area contributed by atoms with Crippen molar-refractivity contribution in [3.05, 3.63) is 60.2 Å². The highest BCUT2D eigenvalue weighted by atomic mass is 16.5. The number of benzene rings is 2. The van der Waals surface area contributed by atoms with Gasteiger partial charge in [-0.25, -0.2) is 0 Å². The van der Waals surface area contributed by atoms with Gasteiger partial charge in [0.2, 0.25) is 0 Å². The van der Waals surface area contributed by atoms with Crippen molar-refractivity contribution in [3.8, 4) is 22.9 Å². The van der Waals surface area contributed by atoms with E-state index in [2.05, 4.69) is 45.2 Å². The normalized spacial score (nSPS) is 10.9. The molecule has 2 heterocycles. The van der Waals surface area contributed by atoms with Crippen LogP contribution in [0.3, 0.4) is 0 Å². The van der Waals surface area contributed by atoms with Crippen LogP contribution < -0.4 is 14.8 Å². The zero-order chi connectivity index (χ0) is 20.4. The summed E-state index contributed by atoms with van der Waals surface area (Å²) in [6, 6.07) is 17.2. The van der Waals surface area contributed by atoms with Crippen LogP contribution in [0.2, 0.25) is 0 Å². The van der Waals surface area contributed by atoms with Crippen LogP contribution in [0, 0.1) is 0 Å². The van der Waals surface area contributed by atoms with E-state index in [1.165, 1.54) is 0 Å². The average molecular weight is 390 g/mol. The summed E-state index contributed by atoms with van der Waals surface area (Å²) in [5, 5.41) is 11.3. The van der Waals surface area contributed by atoms with Gasteiger partial charge in [0, 0.05) is 35.1 Å². The zero-order valence-electron chi connectivity index (χ0n) is 16.5. The van der Waals surface area contributed by atoms with E-state index in [1.54, 1.807) is 32.4 Å². The Morgan fingerprint density at radius 1 is 1.07 bits per heavy atom. The Balaban J connectivity index is 1.61. The number of para-hydroxylation sites is 1. The molecule has 7 nitrogen and oxygen atoms in total. The Kier molecular flexibility index (Phi) is 4.95. The van der Waals surface area contributed by atoms with Crippen LogP contribution in [0.1, 0.15) is 17.3 Å². The van der Waals surface area contributed by atoms with Gasteiger partial charge < -0.3 is 19.4 Å². The number of aromatic amines is 1. The smallest absolute Gasteiger partial charge is 0.257 e. The lowest BCUT2D eigenvalue weighted by Crippen LogP contribution is -2.12. The number of amides is 1. The third kappa shape index (κ3) is 3.54. The van der Waals surface area contributed by atoms with Crippen LogP contribution in [0.4, 0.5) is 5.82 Å². The second kappa shape index (κ2) is 7.71. The number of nitrogens with zero attached hydrogens (tertiary/aromatic N) is 2. The lowest BCUT2D eigenvalue weighted by molar-refractivity contribution is 0.102. The molecule has 0 fully saturated rings. The van der Waals surface area contributed by atoms with Gasteiger partial charge in [0.05, 0.1) is 25.6 Å². The highest BCUT2D eigenvalue weighted by Gasteiger charge is 2.15. The lowest BCUT2D eigenvalue weighted by atomic mass is 10.2. The Labute approximate surface area is 168 Å². The molecule has 0 aliphatic heterocycles. The van der Waals surface area contributed by atoms with Gasteiger partial charge in [-0.15, -0.1) is 0 Å². The molecule has 7 heteroatoms. The van der Waals surface area contributed by atoms with E-state index in [0.717, 1.165) is 28.8 Å². The number of anilines is 1. The molecule has 0 aliphatic carbocycles. The predicted molar refractivity (Wildman–Crippen MR) is 113 cm³/mol. The van der Waals surface area contributed by atoms with Gasteiger partial charge in [-0.3, -0.25) is 9.89 Å². The van der Waals surface area contributed by atoms with Crippen molar-refractivity contribution in [1.29, 1.82) is 0 Å². The number of fused-ring (bicyclic) bond motifs is 1. The van der Waals surface area contributed by atoms with Crippen LogP contribution in [-0.4, -0.2) is 34.9 Å². The standard InChI is InChI=1S/C22H22N4O3/c1-4-26-19-8-6-5-7-14(19)11-20(26)18-13-21(25-24-18)23-22(27)15-9-16(28-2)12-17(10-15)29-3/h5-13H,4H2,1-3H3,(H2,23,24,25,27). The molecule has 4 aromatic rings. The second-order valence-electron chi connectivity index (χ2n) is 6.55. The molecule has 148 valence electrons. The molecule has 4 rings (SSSR count). The van der Waals surface area contributed by atoms with E-state index in [9.17, 15) is 4.79 Å². The van der Waals surface area contributed by atoms with E-state index in [4.69, 9.17) is 9.47 Å². The van der Waals surface area contributed by atoms with Crippen molar-refractivity contribution in [1.82, 2.24) is 14.8 Å². The molecule has 0 atom stereocenters. The third-order valence-electron chi connectivity index (χ3n) is 4.84. The summed E-state index contributed by atoms with van der Waals surface area (Å²) >= 11 is 0. The minimum atomic E-state index is -0.295. The second-order valence-corrected chi connectivity index (χ2v) is 6.55. The van der Waals surface area contributed by atoms with Crippen molar-refractivity contribution < 1.29 is 14.3 Å². The quantitative estimate of drug-likeness (QED) is 0.514. The number of hydrogen-bond acceptors (Lipinski definition) is 4. The number of H-pyrrole nitrogens is 1. The third-order valence-corrected chi connectivity index (χ3v) is 4.84. The van der Waals surface area contributed by atoms with E-state index >= 15 is 0 Å². The van der Waals surface area contributed by atoms with E-state index in [0.29, 0.717) is 22.9 Å². The van der Waals surface area contributed by atoms with Gasteiger partial charge in [-0.1, -0.05) is 18.2 Å². The zero-order valence-corrected chi connectivity index (χ0v) is 16.5. The number of hydrogen-bond donors (Lipinski definition) is 2. The Morgan fingerprint density at radius 2 is 1.79 bits per heavy atom. The van der Waals surface area contributed by atoms with Gasteiger partial charge in [0.25, 0.3) is 5.91 Å². The SMILES string of the molecule is CCn1c(-c2cc(NC(=O)c3cc(OC)cc(OC)c3)n[nH]2)cc2ccccc21. The molecule has 0 saturated heterocycles. The summed E-state index contributed by atoms with van der Waals surface area (Å²) in [6.45, 7) is 2.93. The Bertz CT molecular complexity index is 1150. The van der Waals surface area contributed by atoms with Crippen LogP contribution in [0.5, 0.6) is 11.5 Å². The molecule has 0 unspecified atom stereocenters. The van der Waals surface area contributed by atoms with Crippen molar-refractivity contribution >= 4 is 22.6 Å². The number of rotatable bonds is 6. The summed E-state index contributed by atoms with van der Waals surface area (Å²) in [6.07, 6.45) is 0. The van der Waals surface area contributed by atoms with Crippen molar-refractivity contribution in [2.45, 2.75) is 13.5 Å². The minimum absolute atomic E-state index is 0.295.